The minimum absolute atomic E-state index is 0.0152. The van der Waals surface area contributed by atoms with Gasteiger partial charge in [0, 0.05) is 29.7 Å². The first-order valence-corrected chi connectivity index (χ1v) is 14.1. The lowest BCUT2D eigenvalue weighted by Gasteiger charge is -2.55. The maximum absolute atomic E-state index is 11.1. The SMILES string of the molecule is CC1(C)COC2(CCC3=C4C(CCC3C2)C2CCC(O)C2(C)C[C@@H]4c2ccc(C#CCO)cc2)OC1. The van der Waals surface area contributed by atoms with Crippen LogP contribution < -0.4 is 0 Å². The van der Waals surface area contributed by atoms with Crippen molar-refractivity contribution in [2.45, 2.75) is 89.9 Å². The first-order valence-electron chi connectivity index (χ1n) is 14.1. The van der Waals surface area contributed by atoms with Gasteiger partial charge in [0.05, 0.1) is 19.3 Å². The van der Waals surface area contributed by atoms with E-state index in [1.54, 1.807) is 11.1 Å². The molecule has 0 radical (unpaired) electrons. The quantitative estimate of drug-likeness (QED) is 0.399. The van der Waals surface area contributed by atoms with Crippen LogP contribution in [-0.4, -0.2) is 41.9 Å². The van der Waals surface area contributed by atoms with E-state index in [-0.39, 0.29) is 23.5 Å². The summed E-state index contributed by atoms with van der Waals surface area (Å²) in [6.45, 7) is 8.25. The second-order valence-corrected chi connectivity index (χ2v) is 13.3. The zero-order valence-corrected chi connectivity index (χ0v) is 22.2. The largest absolute Gasteiger partial charge is 0.393 e. The molecule has 1 heterocycles. The van der Waals surface area contributed by atoms with Gasteiger partial charge in [-0.05, 0) is 79.4 Å². The Bertz CT molecular complexity index is 1080. The molecule has 36 heavy (non-hydrogen) atoms. The van der Waals surface area contributed by atoms with Gasteiger partial charge in [0.1, 0.15) is 6.61 Å². The Balaban J connectivity index is 1.36. The van der Waals surface area contributed by atoms with Crippen LogP contribution in [0, 0.1) is 40.4 Å². The van der Waals surface area contributed by atoms with Crippen LogP contribution in [-0.2, 0) is 9.47 Å². The molecular formula is C32H42O4. The van der Waals surface area contributed by atoms with Gasteiger partial charge < -0.3 is 19.7 Å². The number of hydrogen-bond donors (Lipinski definition) is 2. The summed E-state index contributed by atoms with van der Waals surface area (Å²) in [5, 5.41) is 20.2. The predicted molar refractivity (Wildman–Crippen MR) is 140 cm³/mol. The van der Waals surface area contributed by atoms with Crippen LogP contribution in [0.1, 0.15) is 89.2 Å². The van der Waals surface area contributed by atoms with Gasteiger partial charge in [-0.2, -0.15) is 0 Å². The van der Waals surface area contributed by atoms with Crippen LogP contribution in [0.5, 0.6) is 0 Å². The van der Waals surface area contributed by atoms with Crippen molar-refractivity contribution >= 4 is 0 Å². The van der Waals surface area contributed by atoms with Crippen LogP contribution in [0.2, 0.25) is 0 Å². The number of allylic oxidation sites excluding steroid dienone is 2. The lowest BCUT2D eigenvalue weighted by molar-refractivity contribution is -0.312. The average Bonchev–Trinajstić information content (AvgIpc) is 3.18. The molecule has 4 heteroatoms. The third-order valence-corrected chi connectivity index (χ3v) is 10.4. The van der Waals surface area contributed by atoms with E-state index in [9.17, 15) is 5.11 Å². The van der Waals surface area contributed by atoms with Crippen molar-refractivity contribution in [2.24, 2.45) is 28.6 Å². The van der Waals surface area contributed by atoms with Gasteiger partial charge in [0.15, 0.2) is 5.79 Å². The van der Waals surface area contributed by atoms with Gasteiger partial charge >= 0.3 is 0 Å². The molecule has 5 unspecified atom stereocenters. The minimum Gasteiger partial charge on any atom is -0.393 e. The van der Waals surface area contributed by atoms with Crippen LogP contribution in [0.25, 0.3) is 0 Å². The molecule has 194 valence electrons. The summed E-state index contributed by atoms with van der Waals surface area (Å²) in [6.07, 6.45) is 8.35. The Labute approximate surface area is 216 Å². The number of fused-ring (bicyclic) bond motifs is 4. The fourth-order valence-electron chi connectivity index (χ4n) is 8.44. The van der Waals surface area contributed by atoms with Crippen molar-refractivity contribution in [3.8, 4) is 11.8 Å². The Kier molecular flexibility index (Phi) is 6.16. The van der Waals surface area contributed by atoms with Crippen molar-refractivity contribution in [1.29, 1.82) is 0 Å². The normalized spacial score (nSPS) is 38.5. The molecule has 0 bridgehead atoms. The molecular weight excluding hydrogens is 448 g/mol. The molecule has 1 aromatic carbocycles. The zero-order valence-electron chi connectivity index (χ0n) is 22.2. The Morgan fingerprint density at radius 2 is 1.72 bits per heavy atom. The number of ether oxygens (including phenoxy) is 2. The first kappa shape index (κ1) is 24.7. The highest BCUT2D eigenvalue weighted by molar-refractivity contribution is 5.43. The number of benzene rings is 1. The number of aliphatic hydroxyl groups is 2. The zero-order chi connectivity index (χ0) is 25.1. The lowest BCUT2D eigenvalue weighted by Crippen LogP contribution is -2.52. The maximum Gasteiger partial charge on any atom is 0.169 e. The highest BCUT2D eigenvalue weighted by Gasteiger charge is 2.57. The fourth-order valence-corrected chi connectivity index (χ4v) is 8.44. The smallest absolute Gasteiger partial charge is 0.169 e. The highest BCUT2D eigenvalue weighted by atomic mass is 16.7. The predicted octanol–water partition coefficient (Wildman–Crippen LogP) is 5.57. The molecule has 3 saturated carbocycles. The summed E-state index contributed by atoms with van der Waals surface area (Å²) in [4.78, 5) is 0. The van der Waals surface area contributed by atoms with Crippen LogP contribution in [0.15, 0.2) is 35.4 Å². The fraction of sp³-hybridized carbons (Fsp3) is 0.688. The highest BCUT2D eigenvalue weighted by Crippen LogP contribution is 2.64. The van der Waals surface area contributed by atoms with E-state index in [0.717, 1.165) is 57.3 Å². The van der Waals surface area contributed by atoms with Crippen molar-refractivity contribution in [2.75, 3.05) is 19.8 Å². The van der Waals surface area contributed by atoms with Crippen LogP contribution >= 0.6 is 0 Å². The molecule has 1 saturated heterocycles. The summed E-state index contributed by atoms with van der Waals surface area (Å²) in [6, 6.07) is 8.68. The molecule has 5 aliphatic rings. The van der Waals surface area contributed by atoms with Crippen molar-refractivity contribution in [1.82, 2.24) is 0 Å². The van der Waals surface area contributed by atoms with Gasteiger partial charge in [-0.1, -0.05) is 55.9 Å². The van der Waals surface area contributed by atoms with Crippen molar-refractivity contribution < 1.29 is 19.7 Å². The van der Waals surface area contributed by atoms with E-state index < -0.39 is 5.79 Å². The second-order valence-electron chi connectivity index (χ2n) is 13.3. The molecule has 4 nitrogen and oxygen atoms in total. The summed E-state index contributed by atoms with van der Waals surface area (Å²) in [5.74, 6) is 7.45. The topological polar surface area (TPSA) is 58.9 Å². The molecule has 6 rings (SSSR count). The summed E-state index contributed by atoms with van der Waals surface area (Å²) < 4.78 is 12.9. The lowest BCUT2D eigenvalue weighted by atomic mass is 9.52. The van der Waals surface area contributed by atoms with Gasteiger partial charge in [-0.25, -0.2) is 0 Å². The Morgan fingerprint density at radius 1 is 0.972 bits per heavy atom. The Morgan fingerprint density at radius 3 is 2.44 bits per heavy atom. The molecule has 1 aliphatic heterocycles. The summed E-state index contributed by atoms with van der Waals surface area (Å²) in [5.41, 5.74) is 5.76. The van der Waals surface area contributed by atoms with Crippen LogP contribution in [0.4, 0.5) is 0 Å². The monoisotopic (exact) mass is 490 g/mol. The first-order chi connectivity index (χ1) is 17.2. The summed E-state index contributed by atoms with van der Waals surface area (Å²) in [7, 11) is 0. The van der Waals surface area contributed by atoms with E-state index in [0.29, 0.717) is 23.7 Å². The molecule has 2 N–H and O–H groups in total. The van der Waals surface area contributed by atoms with E-state index in [1.165, 1.54) is 18.4 Å². The van der Waals surface area contributed by atoms with Crippen molar-refractivity contribution in [3.05, 3.63) is 46.5 Å². The third-order valence-electron chi connectivity index (χ3n) is 10.4. The molecule has 4 fully saturated rings. The van der Waals surface area contributed by atoms with Gasteiger partial charge in [-0.15, -0.1) is 0 Å². The van der Waals surface area contributed by atoms with Gasteiger partial charge in [-0.3, -0.25) is 0 Å². The molecule has 4 aliphatic carbocycles. The molecule has 0 amide bonds. The molecule has 0 aromatic heterocycles. The average molecular weight is 491 g/mol. The van der Waals surface area contributed by atoms with Crippen LogP contribution in [0.3, 0.4) is 0 Å². The minimum atomic E-state index is -0.396. The number of hydrogen-bond acceptors (Lipinski definition) is 4. The van der Waals surface area contributed by atoms with E-state index >= 15 is 0 Å². The second kappa shape index (κ2) is 8.98. The van der Waals surface area contributed by atoms with E-state index in [2.05, 4.69) is 56.9 Å². The number of rotatable bonds is 1. The maximum atomic E-state index is 11.1. The summed E-state index contributed by atoms with van der Waals surface area (Å²) >= 11 is 0. The molecule has 1 spiro atoms. The molecule has 6 atom stereocenters. The number of aliphatic hydroxyl groups excluding tert-OH is 2. The standard InChI is InChI=1S/C32H42O4/c1-30(2)19-35-32(36-20-30)15-14-24-23(17-32)10-11-25-27-12-13-28(34)31(27,3)18-26(29(24)25)22-8-6-21(7-9-22)5-4-16-33/h6-9,23,25-28,33-34H,10-20H2,1-3H3/t23?,25?,26-,27?,28?,31?/m1/s1. The third kappa shape index (κ3) is 4.08. The van der Waals surface area contributed by atoms with E-state index in [4.69, 9.17) is 14.6 Å². The van der Waals surface area contributed by atoms with Crippen molar-refractivity contribution in [3.63, 3.8) is 0 Å². The Hall–Kier alpha value is -1.64. The van der Waals surface area contributed by atoms with Gasteiger partial charge in [0.25, 0.3) is 0 Å². The van der Waals surface area contributed by atoms with E-state index in [1.807, 2.05) is 0 Å². The molecule has 1 aromatic rings. The van der Waals surface area contributed by atoms with Gasteiger partial charge in [0.2, 0.25) is 0 Å².